The van der Waals surface area contributed by atoms with Gasteiger partial charge < -0.3 is 5.21 Å². The summed E-state index contributed by atoms with van der Waals surface area (Å²) in [6.45, 7) is 0. The molecular formula is C7H7N4O2+. The second-order valence-electron chi connectivity index (χ2n) is 2.53. The number of hydrogen-bond donors (Lipinski definition) is 2. The van der Waals surface area contributed by atoms with Crippen molar-refractivity contribution in [1.82, 2.24) is 5.10 Å². The highest BCUT2D eigenvalue weighted by Crippen LogP contribution is 2.02. The van der Waals surface area contributed by atoms with Crippen molar-refractivity contribution in [2.45, 2.75) is 0 Å². The molecule has 6 nitrogen and oxygen atoms in total. The number of rotatable bonds is 0. The van der Waals surface area contributed by atoms with Crippen LogP contribution in [0.2, 0.25) is 0 Å². The second-order valence-corrected chi connectivity index (χ2v) is 2.53. The Labute approximate surface area is 73.0 Å². The molecule has 0 amide bonds. The van der Waals surface area contributed by atoms with E-state index in [0.717, 1.165) is 0 Å². The largest absolute Gasteiger partial charge is 0.739 e. The zero-order valence-electron chi connectivity index (χ0n) is 6.58. The maximum absolute atomic E-state index is 11.3. The molecule has 0 fully saturated rings. The molecule has 0 aliphatic carbocycles. The van der Waals surface area contributed by atoms with Crippen LogP contribution in [0, 0.1) is 5.21 Å². The highest BCUT2D eigenvalue weighted by molar-refractivity contribution is 5.66. The first-order valence-electron chi connectivity index (χ1n) is 3.59. The lowest BCUT2D eigenvalue weighted by molar-refractivity contribution is -0.933. The average Bonchev–Trinajstić information content (AvgIpc) is 2.15. The molecule has 0 spiro atoms. The number of fused-ring (bicyclic) bond motifs is 1. The number of nitrogens with two attached hydrogens (primary N) is 1. The van der Waals surface area contributed by atoms with Gasteiger partial charge in [-0.15, -0.1) is 0 Å². The summed E-state index contributed by atoms with van der Waals surface area (Å²) >= 11 is 0. The van der Waals surface area contributed by atoms with Gasteiger partial charge in [-0.3, -0.25) is 5.73 Å². The highest BCUT2D eigenvalue weighted by Gasteiger charge is 2.19. The van der Waals surface area contributed by atoms with E-state index in [0.29, 0.717) is 15.1 Å². The highest BCUT2D eigenvalue weighted by atomic mass is 16.5. The van der Waals surface area contributed by atoms with Gasteiger partial charge in [-0.05, 0) is 6.07 Å². The maximum atomic E-state index is 11.3. The third kappa shape index (κ3) is 0.994. The van der Waals surface area contributed by atoms with Gasteiger partial charge in [0.25, 0.3) is 0 Å². The van der Waals surface area contributed by atoms with E-state index in [4.69, 9.17) is 5.73 Å². The summed E-state index contributed by atoms with van der Waals surface area (Å²) in [5.41, 5.74) is 5.83. The molecule has 2 rings (SSSR count). The zero-order chi connectivity index (χ0) is 9.42. The van der Waals surface area contributed by atoms with Crippen LogP contribution < -0.4 is 15.3 Å². The first-order chi connectivity index (χ1) is 6.20. The van der Waals surface area contributed by atoms with Crippen molar-refractivity contribution in [1.29, 1.82) is 0 Å². The number of anilines is 1. The van der Waals surface area contributed by atoms with Gasteiger partial charge in [0.15, 0.2) is 5.52 Å². The Morgan fingerprint density at radius 3 is 2.62 bits per heavy atom. The van der Waals surface area contributed by atoms with Crippen LogP contribution >= 0.6 is 0 Å². The molecule has 0 radical (unpaired) electrons. The van der Waals surface area contributed by atoms with Crippen molar-refractivity contribution in [2.75, 3.05) is 5.73 Å². The van der Waals surface area contributed by atoms with Crippen molar-refractivity contribution in [2.24, 2.45) is 0 Å². The number of nitrogen functional groups attached to an aromatic ring is 1. The minimum atomic E-state index is -0.291. The third-order valence-corrected chi connectivity index (χ3v) is 1.72. The summed E-state index contributed by atoms with van der Waals surface area (Å²) in [5.74, 6) is -0.291. The fourth-order valence-corrected chi connectivity index (χ4v) is 1.12. The predicted molar refractivity (Wildman–Crippen MR) is 42.5 cm³/mol. The standard InChI is InChI=1S/C7H7N4O2/c8-7-9-11(13)6-4-2-1-3-5(6)10(7)12/h1-4H,(H3,8,9,13)/q+1. The lowest BCUT2D eigenvalue weighted by Gasteiger charge is -2.03. The molecule has 1 aromatic heterocycles. The van der Waals surface area contributed by atoms with Gasteiger partial charge in [0.1, 0.15) is 0 Å². The molecule has 2 aromatic rings. The van der Waals surface area contributed by atoms with Crippen molar-refractivity contribution in [3.63, 3.8) is 0 Å². The molecule has 3 N–H and O–H groups in total. The first-order valence-corrected chi connectivity index (χ1v) is 3.59. The fraction of sp³-hybridized carbons (Fsp3) is 0. The van der Waals surface area contributed by atoms with Crippen LogP contribution in [0.25, 0.3) is 11.0 Å². The minimum Gasteiger partial charge on any atom is -0.739 e. The Kier molecular flexibility index (Phi) is 1.42. The van der Waals surface area contributed by atoms with E-state index in [1.807, 2.05) is 0 Å². The topological polar surface area (TPSA) is 90.0 Å². The van der Waals surface area contributed by atoms with Gasteiger partial charge in [0, 0.05) is 6.07 Å². The van der Waals surface area contributed by atoms with Crippen LogP contribution in [0.4, 0.5) is 5.95 Å². The van der Waals surface area contributed by atoms with E-state index in [9.17, 15) is 10.4 Å². The van der Waals surface area contributed by atoms with Crippen LogP contribution in [0.1, 0.15) is 0 Å². The molecule has 13 heavy (non-hydrogen) atoms. The van der Waals surface area contributed by atoms with Gasteiger partial charge in [0.05, 0.1) is 0 Å². The molecular weight excluding hydrogens is 172 g/mol. The quantitative estimate of drug-likeness (QED) is 0.307. The first kappa shape index (κ1) is 7.53. The molecule has 1 aromatic carbocycles. The van der Waals surface area contributed by atoms with Crippen LogP contribution in [0.15, 0.2) is 24.3 Å². The van der Waals surface area contributed by atoms with Crippen LogP contribution in [-0.2, 0) is 0 Å². The lowest BCUT2D eigenvalue weighted by atomic mass is 10.3. The minimum absolute atomic E-state index is 0.275. The molecule has 0 saturated heterocycles. The third-order valence-electron chi connectivity index (χ3n) is 1.72. The van der Waals surface area contributed by atoms with Crippen molar-refractivity contribution in [3.05, 3.63) is 29.5 Å². The number of hydrogen-bond acceptors (Lipinski definition) is 4. The van der Waals surface area contributed by atoms with E-state index in [2.05, 4.69) is 5.10 Å². The van der Waals surface area contributed by atoms with Crippen molar-refractivity contribution < 1.29 is 14.8 Å². The summed E-state index contributed by atoms with van der Waals surface area (Å²) in [6.07, 6.45) is 0. The van der Waals surface area contributed by atoms with Crippen LogP contribution in [0.5, 0.6) is 0 Å². The Balaban J connectivity index is 2.97. The van der Waals surface area contributed by atoms with Crippen molar-refractivity contribution >= 4 is 17.0 Å². The monoisotopic (exact) mass is 179 g/mol. The van der Waals surface area contributed by atoms with Gasteiger partial charge in [-0.2, -0.15) is 0 Å². The molecule has 0 unspecified atom stereocenters. The molecule has 0 aliphatic rings. The Morgan fingerprint density at radius 2 is 1.92 bits per heavy atom. The van der Waals surface area contributed by atoms with E-state index < -0.39 is 0 Å². The molecule has 0 saturated carbocycles. The van der Waals surface area contributed by atoms with Crippen LogP contribution in [0.3, 0.4) is 0 Å². The second kappa shape index (κ2) is 2.44. The summed E-state index contributed by atoms with van der Waals surface area (Å²) in [4.78, 5) is 0.582. The molecule has 0 aliphatic heterocycles. The zero-order valence-corrected chi connectivity index (χ0v) is 6.58. The van der Waals surface area contributed by atoms with Gasteiger partial charge in [-0.25, -0.2) is 9.94 Å². The molecule has 0 atom stereocenters. The fourth-order valence-electron chi connectivity index (χ4n) is 1.12. The van der Waals surface area contributed by atoms with Gasteiger partial charge in [-0.1, -0.05) is 12.1 Å². The number of benzene rings is 1. The van der Waals surface area contributed by atoms with E-state index in [1.54, 1.807) is 24.3 Å². The summed E-state index contributed by atoms with van der Waals surface area (Å²) < 4.78 is 0.460. The molecule has 0 bridgehead atoms. The SMILES string of the molecule is Nc1n[n+](O)c2ccccc2[n+]1[O-]. The average molecular weight is 179 g/mol. The van der Waals surface area contributed by atoms with Gasteiger partial charge in [0.2, 0.25) is 9.94 Å². The van der Waals surface area contributed by atoms with E-state index in [-0.39, 0.29) is 11.5 Å². The Morgan fingerprint density at radius 1 is 1.31 bits per heavy atom. The van der Waals surface area contributed by atoms with E-state index in [1.165, 1.54) is 0 Å². The number of para-hydroxylation sites is 2. The molecule has 6 heteroatoms. The predicted octanol–water partition coefficient (Wildman–Crippen LogP) is -1.02. The smallest absolute Gasteiger partial charge is 0.462 e. The van der Waals surface area contributed by atoms with Gasteiger partial charge >= 0.3 is 11.5 Å². The van der Waals surface area contributed by atoms with E-state index >= 15 is 0 Å². The summed E-state index contributed by atoms with van der Waals surface area (Å²) in [7, 11) is 0. The summed E-state index contributed by atoms with van der Waals surface area (Å²) in [6, 6.07) is 6.48. The number of aromatic nitrogens is 3. The molecule has 1 heterocycles. The summed E-state index contributed by atoms with van der Waals surface area (Å²) in [5, 5.41) is 23.9. The Bertz CT molecular complexity index is 471. The Hall–Kier alpha value is -2.11. The molecule has 66 valence electrons. The maximum Gasteiger partial charge on any atom is 0.462 e. The van der Waals surface area contributed by atoms with Crippen LogP contribution in [-0.4, -0.2) is 10.3 Å². The lowest BCUT2D eigenvalue weighted by Crippen LogP contribution is -2.45. The normalized spacial score (nSPS) is 10.5. The number of nitrogens with zero attached hydrogens (tertiary/aromatic N) is 3. The van der Waals surface area contributed by atoms with Crippen molar-refractivity contribution in [3.8, 4) is 0 Å².